The highest BCUT2D eigenvalue weighted by atomic mass is 16.5. The summed E-state index contributed by atoms with van der Waals surface area (Å²) in [5.74, 6) is 0.000763. The highest BCUT2D eigenvalue weighted by Gasteiger charge is 2.23. The molecule has 1 aliphatic rings. The van der Waals surface area contributed by atoms with Crippen LogP contribution in [0.25, 0.3) is 0 Å². The molecule has 2 rings (SSSR count). The average Bonchev–Trinajstić information content (AvgIpc) is 2.54. The standard InChI is InChI=1S/C17H24N2O3/c1-3-13-4-6-14(7-5-13)8-9-16(20)18-10-15-11-19(2)17(21)12-22-15/h4-7,15H,3,8-12H2,1-2H3,(H,18,20). The Bertz CT molecular complexity index is 513. The zero-order valence-electron chi connectivity index (χ0n) is 13.3. The van der Waals surface area contributed by atoms with Gasteiger partial charge >= 0.3 is 0 Å². The first-order chi connectivity index (χ1) is 10.6. The maximum Gasteiger partial charge on any atom is 0.248 e. The fraction of sp³-hybridized carbons (Fsp3) is 0.529. The maximum absolute atomic E-state index is 11.9. The molecule has 0 spiro atoms. The number of likely N-dealkylation sites (N-methyl/N-ethyl adjacent to an activating group) is 1. The predicted molar refractivity (Wildman–Crippen MR) is 84.5 cm³/mol. The molecule has 0 radical (unpaired) electrons. The summed E-state index contributed by atoms with van der Waals surface area (Å²) in [4.78, 5) is 24.8. The van der Waals surface area contributed by atoms with Gasteiger partial charge in [0.1, 0.15) is 6.61 Å². The SMILES string of the molecule is CCc1ccc(CCC(=O)NCC2CN(C)C(=O)CO2)cc1. The van der Waals surface area contributed by atoms with E-state index in [0.29, 0.717) is 19.5 Å². The number of nitrogens with one attached hydrogen (secondary N) is 1. The summed E-state index contributed by atoms with van der Waals surface area (Å²) >= 11 is 0. The van der Waals surface area contributed by atoms with Crippen LogP contribution in [0.2, 0.25) is 0 Å². The van der Waals surface area contributed by atoms with E-state index in [1.54, 1.807) is 11.9 Å². The Hall–Kier alpha value is -1.88. The van der Waals surface area contributed by atoms with Crippen LogP contribution >= 0.6 is 0 Å². The molecule has 120 valence electrons. The van der Waals surface area contributed by atoms with Crippen molar-refractivity contribution in [2.75, 3.05) is 26.7 Å². The van der Waals surface area contributed by atoms with Gasteiger partial charge in [-0.3, -0.25) is 9.59 Å². The molecule has 0 aromatic heterocycles. The molecule has 1 aliphatic heterocycles. The van der Waals surface area contributed by atoms with Crippen LogP contribution in [0.15, 0.2) is 24.3 Å². The second kappa shape index (κ2) is 7.94. The number of rotatable bonds is 6. The van der Waals surface area contributed by atoms with Crippen molar-refractivity contribution in [3.8, 4) is 0 Å². The van der Waals surface area contributed by atoms with E-state index in [4.69, 9.17) is 4.74 Å². The van der Waals surface area contributed by atoms with Gasteiger partial charge in [0.15, 0.2) is 0 Å². The molecule has 5 heteroatoms. The first kappa shape index (κ1) is 16.5. The zero-order valence-corrected chi connectivity index (χ0v) is 13.3. The molecule has 1 aromatic rings. The van der Waals surface area contributed by atoms with Gasteiger partial charge in [0.05, 0.1) is 6.10 Å². The van der Waals surface area contributed by atoms with Gasteiger partial charge in [0, 0.05) is 26.6 Å². The Labute approximate surface area is 131 Å². The first-order valence-corrected chi connectivity index (χ1v) is 7.78. The van der Waals surface area contributed by atoms with Gasteiger partial charge in [0.2, 0.25) is 11.8 Å². The van der Waals surface area contributed by atoms with Gasteiger partial charge < -0.3 is 15.0 Å². The number of hydrogen-bond acceptors (Lipinski definition) is 3. The van der Waals surface area contributed by atoms with Gasteiger partial charge in [-0.15, -0.1) is 0 Å². The van der Waals surface area contributed by atoms with E-state index in [1.807, 2.05) is 0 Å². The Morgan fingerprint density at radius 1 is 1.32 bits per heavy atom. The molecule has 1 heterocycles. The van der Waals surface area contributed by atoms with Crippen LogP contribution in [0.1, 0.15) is 24.5 Å². The number of hydrogen-bond donors (Lipinski definition) is 1. The van der Waals surface area contributed by atoms with Crippen molar-refractivity contribution in [3.05, 3.63) is 35.4 Å². The largest absolute Gasteiger partial charge is 0.365 e. The number of nitrogens with zero attached hydrogens (tertiary/aromatic N) is 1. The quantitative estimate of drug-likeness (QED) is 0.858. The lowest BCUT2D eigenvalue weighted by molar-refractivity contribution is -0.146. The molecular formula is C17H24N2O3. The van der Waals surface area contributed by atoms with E-state index in [2.05, 4.69) is 36.5 Å². The predicted octanol–water partition coefficient (Wildman–Crippen LogP) is 1.15. The third-order valence-corrected chi connectivity index (χ3v) is 3.94. The van der Waals surface area contributed by atoms with Crippen LogP contribution in [0.4, 0.5) is 0 Å². The number of morpholine rings is 1. The molecule has 1 atom stereocenters. The number of ether oxygens (including phenoxy) is 1. The normalized spacial score (nSPS) is 18.4. The second-order valence-electron chi connectivity index (χ2n) is 5.68. The number of aryl methyl sites for hydroxylation is 2. The van der Waals surface area contributed by atoms with E-state index in [0.717, 1.165) is 12.8 Å². The molecule has 1 fully saturated rings. The van der Waals surface area contributed by atoms with Crippen LogP contribution in [-0.4, -0.2) is 49.6 Å². The molecule has 0 bridgehead atoms. The Kier molecular flexibility index (Phi) is 5.95. The minimum Gasteiger partial charge on any atom is -0.365 e. The monoisotopic (exact) mass is 304 g/mol. The smallest absolute Gasteiger partial charge is 0.248 e. The van der Waals surface area contributed by atoms with Crippen molar-refractivity contribution in [2.45, 2.75) is 32.3 Å². The van der Waals surface area contributed by atoms with Crippen molar-refractivity contribution in [3.63, 3.8) is 0 Å². The average molecular weight is 304 g/mol. The molecule has 1 aromatic carbocycles. The van der Waals surface area contributed by atoms with E-state index >= 15 is 0 Å². The molecule has 5 nitrogen and oxygen atoms in total. The number of carbonyl (C=O) groups is 2. The summed E-state index contributed by atoms with van der Waals surface area (Å²) in [6.45, 7) is 3.20. The molecule has 1 saturated heterocycles. The zero-order chi connectivity index (χ0) is 15.9. The van der Waals surface area contributed by atoms with Gasteiger partial charge in [-0.25, -0.2) is 0 Å². The Balaban J connectivity index is 1.68. The molecule has 0 aliphatic carbocycles. The van der Waals surface area contributed by atoms with E-state index in [9.17, 15) is 9.59 Å². The van der Waals surface area contributed by atoms with Crippen LogP contribution in [0, 0.1) is 0 Å². The number of amides is 2. The fourth-order valence-electron chi connectivity index (χ4n) is 2.40. The number of carbonyl (C=O) groups excluding carboxylic acids is 2. The lowest BCUT2D eigenvalue weighted by atomic mass is 10.1. The van der Waals surface area contributed by atoms with Gasteiger partial charge in [0.25, 0.3) is 0 Å². The van der Waals surface area contributed by atoms with Gasteiger partial charge in [-0.2, -0.15) is 0 Å². The van der Waals surface area contributed by atoms with E-state index in [1.165, 1.54) is 11.1 Å². The van der Waals surface area contributed by atoms with Gasteiger partial charge in [-0.1, -0.05) is 31.2 Å². The van der Waals surface area contributed by atoms with Crippen LogP contribution in [0.5, 0.6) is 0 Å². The molecule has 0 saturated carbocycles. The summed E-state index contributed by atoms with van der Waals surface area (Å²) < 4.78 is 5.39. The third-order valence-electron chi connectivity index (χ3n) is 3.94. The van der Waals surface area contributed by atoms with Crippen molar-refractivity contribution >= 4 is 11.8 Å². The van der Waals surface area contributed by atoms with Crippen molar-refractivity contribution in [2.24, 2.45) is 0 Å². The highest BCUT2D eigenvalue weighted by Crippen LogP contribution is 2.07. The fourth-order valence-corrected chi connectivity index (χ4v) is 2.40. The summed E-state index contributed by atoms with van der Waals surface area (Å²) in [7, 11) is 1.75. The summed E-state index contributed by atoms with van der Waals surface area (Å²) in [5.41, 5.74) is 2.48. The lowest BCUT2D eigenvalue weighted by Crippen LogP contribution is -2.48. The van der Waals surface area contributed by atoms with E-state index < -0.39 is 0 Å². The summed E-state index contributed by atoms with van der Waals surface area (Å²) in [6, 6.07) is 8.37. The minimum absolute atomic E-state index is 0.0156. The van der Waals surface area contributed by atoms with Crippen molar-refractivity contribution in [1.82, 2.24) is 10.2 Å². The molecular weight excluding hydrogens is 280 g/mol. The van der Waals surface area contributed by atoms with E-state index in [-0.39, 0.29) is 24.5 Å². The lowest BCUT2D eigenvalue weighted by Gasteiger charge is -2.29. The summed E-state index contributed by atoms with van der Waals surface area (Å²) in [6.07, 6.45) is 2.11. The summed E-state index contributed by atoms with van der Waals surface area (Å²) in [5, 5.41) is 2.88. The Morgan fingerprint density at radius 2 is 2.00 bits per heavy atom. The Morgan fingerprint density at radius 3 is 2.64 bits per heavy atom. The highest BCUT2D eigenvalue weighted by molar-refractivity contribution is 5.78. The maximum atomic E-state index is 11.9. The number of benzene rings is 1. The third kappa shape index (κ3) is 4.84. The van der Waals surface area contributed by atoms with Crippen LogP contribution < -0.4 is 5.32 Å². The molecule has 22 heavy (non-hydrogen) atoms. The van der Waals surface area contributed by atoms with Crippen molar-refractivity contribution < 1.29 is 14.3 Å². The van der Waals surface area contributed by atoms with Crippen molar-refractivity contribution in [1.29, 1.82) is 0 Å². The van der Waals surface area contributed by atoms with Gasteiger partial charge in [-0.05, 0) is 24.0 Å². The van der Waals surface area contributed by atoms with Crippen LogP contribution in [-0.2, 0) is 27.2 Å². The topological polar surface area (TPSA) is 58.6 Å². The minimum atomic E-state index is -0.115. The van der Waals surface area contributed by atoms with Crippen LogP contribution in [0.3, 0.4) is 0 Å². The molecule has 1 N–H and O–H groups in total. The molecule has 2 amide bonds. The first-order valence-electron chi connectivity index (χ1n) is 7.78. The molecule has 1 unspecified atom stereocenters. The second-order valence-corrected chi connectivity index (χ2v) is 5.68.